The average molecular weight is 467 g/mol. The summed E-state index contributed by atoms with van der Waals surface area (Å²) in [5.74, 6) is -0.321. The molecule has 0 saturated heterocycles. The van der Waals surface area contributed by atoms with Crippen LogP contribution in [0.15, 0.2) is 70.2 Å². The van der Waals surface area contributed by atoms with Gasteiger partial charge in [-0.25, -0.2) is 4.98 Å². The van der Waals surface area contributed by atoms with E-state index in [0.29, 0.717) is 17.2 Å². The predicted octanol–water partition coefficient (Wildman–Crippen LogP) is 6.09. The number of nitrogens with zero attached hydrogens (tertiary/aromatic N) is 2. The molecule has 0 aliphatic heterocycles. The number of esters is 1. The third-order valence-electron chi connectivity index (χ3n) is 4.23. The normalized spacial score (nSPS) is 11.5. The molecule has 0 N–H and O–H groups in total. The van der Waals surface area contributed by atoms with Crippen LogP contribution in [0.25, 0.3) is 22.4 Å². The summed E-state index contributed by atoms with van der Waals surface area (Å²) < 4.78 is 6.09. The zero-order chi connectivity index (χ0) is 20.8. The highest BCUT2D eigenvalue weighted by molar-refractivity contribution is 9.10. The Morgan fingerprint density at radius 3 is 2.48 bits per heavy atom. The highest BCUT2D eigenvalue weighted by Crippen LogP contribution is 2.36. The summed E-state index contributed by atoms with van der Waals surface area (Å²) in [5.41, 5.74) is 3.85. The number of carbonyl (C=O) groups is 1. The number of hydrogen-bond acceptors (Lipinski definition) is 5. The Kier molecular flexibility index (Phi) is 7.08. The third-order valence-corrected chi connectivity index (χ3v) is 5.82. The monoisotopic (exact) mass is 466 g/mol. The number of ether oxygens (including phenoxy) is 1. The van der Waals surface area contributed by atoms with Crippen molar-refractivity contribution in [2.24, 2.45) is 0 Å². The molecule has 0 saturated carbocycles. The molecule has 0 aliphatic rings. The highest BCUT2D eigenvalue weighted by atomic mass is 79.9. The quantitative estimate of drug-likeness (QED) is 0.324. The van der Waals surface area contributed by atoms with Crippen LogP contribution in [0.1, 0.15) is 19.4 Å². The Labute approximate surface area is 183 Å². The maximum absolute atomic E-state index is 12.1. The minimum absolute atomic E-state index is 0.316. The van der Waals surface area contributed by atoms with Crippen LogP contribution in [-0.4, -0.2) is 22.8 Å². The van der Waals surface area contributed by atoms with Crippen LogP contribution >= 0.6 is 27.7 Å². The average Bonchev–Trinajstić information content (AvgIpc) is 2.74. The fourth-order valence-corrected chi connectivity index (χ4v) is 3.99. The first-order valence-corrected chi connectivity index (χ1v) is 10.8. The molecule has 146 valence electrons. The van der Waals surface area contributed by atoms with E-state index in [1.807, 2.05) is 60.7 Å². The van der Waals surface area contributed by atoms with Gasteiger partial charge >= 0.3 is 5.97 Å². The van der Waals surface area contributed by atoms with Crippen molar-refractivity contribution in [3.05, 3.63) is 70.7 Å². The lowest BCUT2D eigenvalue weighted by molar-refractivity contribution is -0.142. The first-order chi connectivity index (χ1) is 14.0. The standard InChI is InChI=1S/C23H19BrN2O2S/c1-3-28-23(27)15(2)29-22-20(14-25)19(16-7-5-4-6-8-16)13-21(26-22)17-9-11-18(24)12-10-17/h4-13,15H,3H2,1-2H3/t15-/m0/s1. The molecule has 0 aliphatic carbocycles. The fourth-order valence-electron chi connectivity index (χ4n) is 2.80. The molecule has 3 rings (SSSR count). The lowest BCUT2D eigenvalue weighted by Crippen LogP contribution is -2.17. The Morgan fingerprint density at radius 2 is 1.86 bits per heavy atom. The molecule has 0 bridgehead atoms. The van der Waals surface area contributed by atoms with Gasteiger partial charge in [0.05, 0.1) is 17.9 Å². The van der Waals surface area contributed by atoms with Crippen LogP contribution in [0.4, 0.5) is 0 Å². The number of carbonyl (C=O) groups excluding carboxylic acids is 1. The summed E-state index contributed by atoms with van der Waals surface area (Å²) in [7, 11) is 0. The molecule has 2 aromatic carbocycles. The Balaban J connectivity index is 2.15. The van der Waals surface area contributed by atoms with E-state index in [0.717, 1.165) is 26.9 Å². The van der Waals surface area contributed by atoms with Crippen LogP contribution in [0.3, 0.4) is 0 Å². The summed E-state index contributed by atoms with van der Waals surface area (Å²) in [6, 6.07) is 21.8. The van der Waals surface area contributed by atoms with Crippen molar-refractivity contribution in [2.45, 2.75) is 24.1 Å². The van der Waals surface area contributed by atoms with E-state index in [2.05, 4.69) is 22.0 Å². The Morgan fingerprint density at radius 1 is 1.17 bits per heavy atom. The number of halogens is 1. The molecule has 0 spiro atoms. The number of hydrogen-bond donors (Lipinski definition) is 0. The van der Waals surface area contributed by atoms with Crippen molar-refractivity contribution < 1.29 is 9.53 Å². The van der Waals surface area contributed by atoms with Gasteiger partial charge in [-0.1, -0.05) is 70.2 Å². The van der Waals surface area contributed by atoms with Gasteiger partial charge in [-0.2, -0.15) is 5.26 Å². The zero-order valence-corrected chi connectivity index (χ0v) is 18.5. The van der Waals surface area contributed by atoms with Gasteiger partial charge in [0.25, 0.3) is 0 Å². The first-order valence-electron chi connectivity index (χ1n) is 9.13. The van der Waals surface area contributed by atoms with Gasteiger partial charge in [0.15, 0.2) is 0 Å². The maximum Gasteiger partial charge on any atom is 0.319 e. The second-order valence-corrected chi connectivity index (χ2v) is 8.48. The largest absolute Gasteiger partial charge is 0.465 e. The van der Waals surface area contributed by atoms with E-state index < -0.39 is 5.25 Å². The summed E-state index contributed by atoms with van der Waals surface area (Å²) in [6.45, 7) is 3.85. The molecule has 1 atom stereocenters. The summed E-state index contributed by atoms with van der Waals surface area (Å²) in [4.78, 5) is 16.9. The minimum atomic E-state index is -0.474. The molecule has 29 heavy (non-hydrogen) atoms. The second kappa shape index (κ2) is 9.73. The number of pyridine rings is 1. The molecule has 3 aromatic rings. The van der Waals surface area contributed by atoms with Gasteiger partial charge in [0, 0.05) is 15.6 Å². The first kappa shape index (κ1) is 21.1. The number of thioether (sulfide) groups is 1. The highest BCUT2D eigenvalue weighted by Gasteiger charge is 2.22. The van der Waals surface area contributed by atoms with Crippen LogP contribution in [0, 0.1) is 11.3 Å². The minimum Gasteiger partial charge on any atom is -0.465 e. The summed E-state index contributed by atoms with van der Waals surface area (Å²) in [6.07, 6.45) is 0. The molecule has 6 heteroatoms. The van der Waals surface area contributed by atoms with Gasteiger partial charge in [-0.3, -0.25) is 4.79 Å². The molecule has 0 fully saturated rings. The van der Waals surface area contributed by atoms with Crippen molar-refractivity contribution in [3.63, 3.8) is 0 Å². The van der Waals surface area contributed by atoms with Gasteiger partial charge in [0.1, 0.15) is 16.3 Å². The molecular weight excluding hydrogens is 448 g/mol. The van der Waals surface area contributed by atoms with Gasteiger partial charge in [-0.15, -0.1) is 0 Å². The zero-order valence-electron chi connectivity index (χ0n) is 16.1. The summed E-state index contributed by atoms with van der Waals surface area (Å²) in [5, 5.41) is 9.93. The van der Waals surface area contributed by atoms with E-state index in [1.54, 1.807) is 13.8 Å². The van der Waals surface area contributed by atoms with Gasteiger partial charge in [-0.05, 0) is 37.6 Å². The van der Waals surface area contributed by atoms with Crippen LogP contribution in [0.2, 0.25) is 0 Å². The van der Waals surface area contributed by atoms with Crippen LogP contribution < -0.4 is 0 Å². The third kappa shape index (κ3) is 5.06. The second-order valence-electron chi connectivity index (χ2n) is 6.23. The number of nitriles is 1. The molecule has 0 amide bonds. The van der Waals surface area contributed by atoms with E-state index in [9.17, 15) is 10.1 Å². The Hall–Kier alpha value is -2.62. The molecule has 1 heterocycles. The number of aromatic nitrogens is 1. The lowest BCUT2D eigenvalue weighted by Gasteiger charge is -2.15. The van der Waals surface area contributed by atoms with E-state index in [4.69, 9.17) is 9.72 Å². The Bertz CT molecular complexity index is 1050. The fraction of sp³-hybridized carbons (Fsp3) is 0.174. The van der Waals surface area contributed by atoms with Gasteiger partial charge in [0.2, 0.25) is 0 Å². The molecule has 1 aromatic heterocycles. The van der Waals surface area contributed by atoms with Crippen molar-refractivity contribution in [3.8, 4) is 28.5 Å². The topological polar surface area (TPSA) is 63.0 Å². The van der Waals surface area contributed by atoms with E-state index in [-0.39, 0.29) is 5.97 Å². The van der Waals surface area contributed by atoms with Crippen LogP contribution in [-0.2, 0) is 9.53 Å². The van der Waals surface area contributed by atoms with Crippen molar-refractivity contribution in [1.82, 2.24) is 4.98 Å². The van der Waals surface area contributed by atoms with Crippen molar-refractivity contribution in [2.75, 3.05) is 6.61 Å². The lowest BCUT2D eigenvalue weighted by atomic mass is 9.99. The molecule has 4 nitrogen and oxygen atoms in total. The molecule has 0 radical (unpaired) electrons. The van der Waals surface area contributed by atoms with Crippen LogP contribution in [0.5, 0.6) is 0 Å². The van der Waals surface area contributed by atoms with E-state index in [1.165, 1.54) is 11.8 Å². The smallest absolute Gasteiger partial charge is 0.319 e. The van der Waals surface area contributed by atoms with Gasteiger partial charge < -0.3 is 4.74 Å². The number of benzene rings is 2. The maximum atomic E-state index is 12.1. The van der Waals surface area contributed by atoms with Crippen molar-refractivity contribution in [1.29, 1.82) is 5.26 Å². The summed E-state index contributed by atoms with van der Waals surface area (Å²) >= 11 is 4.70. The molecule has 0 unspecified atom stereocenters. The number of rotatable bonds is 6. The predicted molar refractivity (Wildman–Crippen MR) is 119 cm³/mol. The van der Waals surface area contributed by atoms with Crippen molar-refractivity contribution >= 4 is 33.7 Å². The SMILES string of the molecule is CCOC(=O)[C@H](C)Sc1nc(-c2ccc(Br)cc2)cc(-c2ccccc2)c1C#N. The van der Waals surface area contributed by atoms with E-state index >= 15 is 0 Å². The molecular formula is C23H19BrN2O2S.